The van der Waals surface area contributed by atoms with Gasteiger partial charge in [-0.1, -0.05) is 24.3 Å². The third kappa shape index (κ3) is 2.85. The number of cyclic esters (lactones) is 1. The first-order chi connectivity index (χ1) is 16.3. The summed E-state index contributed by atoms with van der Waals surface area (Å²) in [4.78, 5) is 13.1. The van der Waals surface area contributed by atoms with Gasteiger partial charge in [0.05, 0.1) is 18.6 Å². The molecule has 7 rings (SSSR count). The largest absolute Gasteiger partial charge is 0.465 e. The average molecular weight is 443 g/mol. The summed E-state index contributed by atoms with van der Waals surface area (Å²) in [7, 11) is 0. The fraction of sp³-hybridized carbons (Fsp3) is 0.269. The molecule has 4 aliphatic rings. The van der Waals surface area contributed by atoms with E-state index in [-0.39, 0.29) is 43.4 Å². The van der Waals surface area contributed by atoms with Crippen LogP contribution in [-0.4, -0.2) is 26.2 Å². The van der Waals surface area contributed by atoms with E-state index >= 15 is 0 Å². The molecule has 0 spiro atoms. The van der Waals surface area contributed by atoms with Gasteiger partial charge >= 0.3 is 5.97 Å². The molecule has 3 aliphatic heterocycles. The van der Waals surface area contributed by atoms with Crippen molar-refractivity contribution in [3.8, 4) is 23.0 Å². The molecule has 0 unspecified atom stereocenters. The Bertz CT molecular complexity index is 1260. The summed E-state index contributed by atoms with van der Waals surface area (Å²) < 4.78 is 28.2. The number of esters is 1. The maximum absolute atomic E-state index is 13.1. The molecule has 0 aromatic heterocycles. The minimum atomic E-state index is -0.334. The molecule has 1 saturated heterocycles. The molecule has 1 N–H and O–H groups in total. The number of benzene rings is 3. The lowest BCUT2D eigenvalue weighted by Gasteiger charge is -2.39. The second-order valence-electron chi connectivity index (χ2n) is 8.73. The zero-order valence-corrected chi connectivity index (χ0v) is 17.7. The predicted molar refractivity (Wildman–Crippen MR) is 118 cm³/mol. The number of hydrogen-bond acceptors (Lipinski definition) is 7. The molecule has 0 bridgehead atoms. The van der Waals surface area contributed by atoms with E-state index in [4.69, 9.17) is 23.7 Å². The SMILES string of the molecule is O=C1OC[C@H]2[C@H]1[C@@H](c1ccc3c(c1)OCO3)c1cc3c(cc1[C@H]2Nc1ccccc1)OCO3. The first-order valence-electron chi connectivity index (χ1n) is 11.1. The molecule has 0 amide bonds. The maximum atomic E-state index is 13.1. The molecule has 7 heteroatoms. The first-order valence-corrected chi connectivity index (χ1v) is 11.1. The zero-order chi connectivity index (χ0) is 21.9. The molecule has 0 radical (unpaired) electrons. The lowest BCUT2D eigenvalue weighted by Crippen LogP contribution is -2.37. The van der Waals surface area contributed by atoms with Gasteiger partial charge in [-0.25, -0.2) is 0 Å². The molecule has 166 valence electrons. The van der Waals surface area contributed by atoms with Crippen LogP contribution >= 0.6 is 0 Å². The Morgan fingerprint density at radius 2 is 1.42 bits per heavy atom. The van der Waals surface area contributed by atoms with Crippen LogP contribution in [0.3, 0.4) is 0 Å². The minimum Gasteiger partial charge on any atom is -0.465 e. The smallest absolute Gasteiger partial charge is 0.310 e. The minimum absolute atomic E-state index is 0.0407. The third-order valence-electron chi connectivity index (χ3n) is 7.04. The van der Waals surface area contributed by atoms with Crippen molar-refractivity contribution in [2.24, 2.45) is 11.8 Å². The van der Waals surface area contributed by atoms with Crippen LogP contribution in [0.1, 0.15) is 28.7 Å². The first kappa shape index (κ1) is 18.7. The van der Waals surface area contributed by atoms with Crippen molar-refractivity contribution in [3.05, 3.63) is 77.4 Å². The van der Waals surface area contributed by atoms with Gasteiger partial charge in [0, 0.05) is 17.5 Å². The summed E-state index contributed by atoms with van der Waals surface area (Å²) in [6.07, 6.45) is 0. The molecule has 33 heavy (non-hydrogen) atoms. The highest BCUT2D eigenvalue weighted by Gasteiger charge is 2.52. The normalized spacial score (nSPS) is 25.9. The van der Waals surface area contributed by atoms with Crippen LogP contribution in [0.5, 0.6) is 23.0 Å². The number of anilines is 1. The van der Waals surface area contributed by atoms with E-state index in [0.717, 1.165) is 33.9 Å². The topological polar surface area (TPSA) is 75.3 Å². The number of nitrogens with one attached hydrogen (secondary N) is 1. The Hall–Kier alpha value is -3.87. The Labute approximate surface area is 190 Å². The quantitative estimate of drug-likeness (QED) is 0.607. The zero-order valence-electron chi connectivity index (χ0n) is 17.7. The van der Waals surface area contributed by atoms with Crippen molar-refractivity contribution in [2.45, 2.75) is 12.0 Å². The number of fused-ring (bicyclic) bond motifs is 4. The Balaban J connectivity index is 1.41. The summed E-state index contributed by atoms with van der Waals surface area (Å²) in [6, 6.07) is 19.9. The number of para-hydroxylation sites is 1. The van der Waals surface area contributed by atoms with E-state index in [1.165, 1.54) is 0 Å². The lowest BCUT2D eigenvalue weighted by atomic mass is 9.65. The van der Waals surface area contributed by atoms with Crippen molar-refractivity contribution in [1.29, 1.82) is 0 Å². The van der Waals surface area contributed by atoms with E-state index in [2.05, 4.69) is 11.4 Å². The molecule has 1 aliphatic carbocycles. The molecular formula is C26H21NO6. The monoisotopic (exact) mass is 443 g/mol. The van der Waals surface area contributed by atoms with Crippen molar-refractivity contribution in [1.82, 2.24) is 0 Å². The van der Waals surface area contributed by atoms with Crippen molar-refractivity contribution < 1.29 is 28.5 Å². The number of ether oxygens (including phenoxy) is 5. The van der Waals surface area contributed by atoms with Gasteiger partial charge in [0.25, 0.3) is 0 Å². The summed E-state index contributed by atoms with van der Waals surface area (Å²) in [5.41, 5.74) is 4.11. The van der Waals surface area contributed by atoms with E-state index in [0.29, 0.717) is 18.1 Å². The molecule has 3 aromatic carbocycles. The highest BCUT2D eigenvalue weighted by Crippen LogP contribution is 2.55. The molecule has 3 aromatic rings. The van der Waals surface area contributed by atoms with Gasteiger partial charge in [0.15, 0.2) is 23.0 Å². The highest BCUT2D eigenvalue weighted by atomic mass is 16.7. The van der Waals surface area contributed by atoms with Crippen LogP contribution in [0.2, 0.25) is 0 Å². The summed E-state index contributed by atoms with van der Waals surface area (Å²) in [5.74, 6) is 2.09. The summed E-state index contributed by atoms with van der Waals surface area (Å²) in [5, 5.41) is 3.66. The van der Waals surface area contributed by atoms with Crippen LogP contribution in [0.25, 0.3) is 0 Å². The van der Waals surface area contributed by atoms with E-state index in [1.54, 1.807) is 0 Å². The molecular weight excluding hydrogens is 422 g/mol. The van der Waals surface area contributed by atoms with Gasteiger partial charge in [-0.15, -0.1) is 0 Å². The number of hydrogen-bond donors (Lipinski definition) is 1. The van der Waals surface area contributed by atoms with Crippen molar-refractivity contribution in [3.63, 3.8) is 0 Å². The van der Waals surface area contributed by atoms with Crippen LogP contribution in [0.15, 0.2) is 60.7 Å². The number of carbonyl (C=O) groups excluding carboxylic acids is 1. The Kier molecular flexibility index (Phi) is 4.00. The van der Waals surface area contributed by atoms with Gasteiger partial charge in [-0.3, -0.25) is 4.79 Å². The molecule has 1 fully saturated rings. The molecule has 3 heterocycles. The molecule has 7 nitrogen and oxygen atoms in total. The second kappa shape index (κ2) is 7.07. The van der Waals surface area contributed by atoms with Gasteiger partial charge in [-0.05, 0) is 53.1 Å². The Morgan fingerprint density at radius 1 is 0.727 bits per heavy atom. The third-order valence-corrected chi connectivity index (χ3v) is 7.04. The Morgan fingerprint density at radius 3 is 2.21 bits per heavy atom. The predicted octanol–water partition coefficient (Wildman–Crippen LogP) is 4.23. The molecule has 4 atom stereocenters. The molecule has 0 saturated carbocycles. The fourth-order valence-electron chi connectivity index (χ4n) is 5.57. The van der Waals surface area contributed by atoms with Crippen molar-refractivity contribution in [2.75, 3.05) is 25.5 Å². The summed E-state index contributed by atoms with van der Waals surface area (Å²) in [6.45, 7) is 0.761. The lowest BCUT2D eigenvalue weighted by molar-refractivity contribution is -0.141. The van der Waals surface area contributed by atoms with Gasteiger partial charge in [-0.2, -0.15) is 0 Å². The van der Waals surface area contributed by atoms with Gasteiger partial charge in [0.1, 0.15) is 0 Å². The van der Waals surface area contributed by atoms with E-state index in [1.807, 2.05) is 54.6 Å². The maximum Gasteiger partial charge on any atom is 0.310 e. The van der Waals surface area contributed by atoms with Crippen LogP contribution < -0.4 is 24.3 Å². The number of rotatable bonds is 3. The van der Waals surface area contributed by atoms with Crippen LogP contribution in [0, 0.1) is 11.8 Å². The average Bonchev–Trinajstić information content (AvgIpc) is 3.58. The van der Waals surface area contributed by atoms with Gasteiger partial charge < -0.3 is 29.0 Å². The number of carbonyl (C=O) groups is 1. The standard InChI is InChI=1S/C26H21NO6/c28-26-24-18(11-29-26)25(27-15-4-2-1-3-5-15)17-10-22-21(32-13-33-22)9-16(17)23(24)14-6-7-19-20(8-14)31-12-30-19/h1-10,18,23-25,27H,11-13H2/t18-,23-,24-,25+/m0/s1. The van der Waals surface area contributed by atoms with Gasteiger partial charge in [0.2, 0.25) is 13.6 Å². The summed E-state index contributed by atoms with van der Waals surface area (Å²) >= 11 is 0. The van der Waals surface area contributed by atoms with E-state index in [9.17, 15) is 4.79 Å². The second-order valence-corrected chi connectivity index (χ2v) is 8.73. The van der Waals surface area contributed by atoms with Crippen LogP contribution in [0.4, 0.5) is 5.69 Å². The highest BCUT2D eigenvalue weighted by molar-refractivity contribution is 5.79. The fourth-order valence-corrected chi connectivity index (χ4v) is 5.57. The van der Waals surface area contributed by atoms with E-state index < -0.39 is 0 Å². The van der Waals surface area contributed by atoms with Crippen molar-refractivity contribution >= 4 is 11.7 Å². The van der Waals surface area contributed by atoms with Crippen LogP contribution in [-0.2, 0) is 9.53 Å².